The Kier molecular flexibility index (Phi) is 3.97. The molecule has 0 aliphatic carbocycles. The summed E-state index contributed by atoms with van der Waals surface area (Å²) in [6.45, 7) is 6.47. The zero-order chi connectivity index (χ0) is 12.4. The van der Waals surface area contributed by atoms with Crippen molar-refractivity contribution >= 4 is 22.7 Å². The number of nitrogens with zero attached hydrogens (tertiary/aromatic N) is 1. The van der Waals surface area contributed by atoms with Gasteiger partial charge in [-0.05, 0) is 39.4 Å². The minimum Gasteiger partial charge on any atom is -0.307 e. The van der Waals surface area contributed by atoms with Gasteiger partial charge < -0.3 is 5.32 Å². The second-order valence-electron chi connectivity index (χ2n) is 4.08. The Morgan fingerprint density at radius 1 is 1.29 bits per heavy atom. The van der Waals surface area contributed by atoms with Gasteiger partial charge in [-0.1, -0.05) is 6.92 Å². The maximum absolute atomic E-state index is 4.75. The van der Waals surface area contributed by atoms with Crippen LogP contribution in [0.2, 0.25) is 0 Å². The normalized spacial score (nSPS) is 12.9. The number of nitrogens with one attached hydrogen (secondary N) is 1. The first-order valence-corrected chi connectivity index (χ1v) is 7.48. The summed E-state index contributed by atoms with van der Waals surface area (Å²) in [4.78, 5) is 8.79. The highest BCUT2D eigenvalue weighted by Gasteiger charge is 2.18. The smallest absolute Gasteiger partial charge is 0.115 e. The topological polar surface area (TPSA) is 24.9 Å². The predicted octanol–water partition coefficient (Wildman–Crippen LogP) is 3.69. The van der Waals surface area contributed by atoms with Crippen molar-refractivity contribution in [3.05, 3.63) is 37.5 Å². The summed E-state index contributed by atoms with van der Waals surface area (Å²) < 4.78 is 0. The molecule has 0 fully saturated rings. The molecule has 2 rings (SSSR count). The first kappa shape index (κ1) is 12.7. The Hall–Kier alpha value is -0.710. The SMILES string of the molecule is CCc1nc(C(NC)c2ccc(C)s2)sc1C. The molecule has 0 aromatic carbocycles. The Morgan fingerprint density at radius 2 is 2.06 bits per heavy atom. The summed E-state index contributed by atoms with van der Waals surface area (Å²) in [5.41, 5.74) is 1.23. The lowest BCUT2D eigenvalue weighted by Gasteiger charge is -2.10. The second kappa shape index (κ2) is 5.29. The Morgan fingerprint density at radius 3 is 2.53 bits per heavy atom. The fourth-order valence-electron chi connectivity index (χ4n) is 1.90. The van der Waals surface area contributed by atoms with E-state index in [4.69, 9.17) is 4.98 Å². The van der Waals surface area contributed by atoms with Gasteiger partial charge in [-0.3, -0.25) is 0 Å². The number of hydrogen-bond acceptors (Lipinski definition) is 4. The molecule has 0 spiro atoms. The van der Waals surface area contributed by atoms with Crippen molar-refractivity contribution in [3.63, 3.8) is 0 Å². The molecule has 17 heavy (non-hydrogen) atoms. The maximum atomic E-state index is 4.75. The number of hydrogen-bond donors (Lipinski definition) is 1. The largest absolute Gasteiger partial charge is 0.307 e. The second-order valence-corrected chi connectivity index (χ2v) is 6.63. The van der Waals surface area contributed by atoms with Gasteiger partial charge in [0.15, 0.2) is 0 Å². The van der Waals surface area contributed by atoms with E-state index in [1.165, 1.54) is 25.3 Å². The average Bonchev–Trinajstić information content (AvgIpc) is 2.87. The van der Waals surface area contributed by atoms with E-state index in [-0.39, 0.29) is 6.04 Å². The van der Waals surface area contributed by atoms with Crippen LogP contribution in [0.4, 0.5) is 0 Å². The maximum Gasteiger partial charge on any atom is 0.115 e. The van der Waals surface area contributed by atoms with Gasteiger partial charge in [0.1, 0.15) is 5.01 Å². The zero-order valence-corrected chi connectivity index (χ0v) is 12.3. The zero-order valence-electron chi connectivity index (χ0n) is 10.7. The van der Waals surface area contributed by atoms with Crippen LogP contribution in [0.5, 0.6) is 0 Å². The van der Waals surface area contributed by atoms with Gasteiger partial charge in [0, 0.05) is 14.6 Å². The lowest BCUT2D eigenvalue weighted by Crippen LogP contribution is -2.16. The minimum absolute atomic E-state index is 0.248. The van der Waals surface area contributed by atoms with E-state index in [0.717, 1.165) is 6.42 Å². The van der Waals surface area contributed by atoms with Gasteiger partial charge in [0.25, 0.3) is 0 Å². The third-order valence-electron chi connectivity index (χ3n) is 2.83. The minimum atomic E-state index is 0.248. The van der Waals surface area contributed by atoms with Crippen molar-refractivity contribution in [1.29, 1.82) is 0 Å². The van der Waals surface area contributed by atoms with Crippen molar-refractivity contribution < 1.29 is 0 Å². The van der Waals surface area contributed by atoms with Crippen LogP contribution in [0.25, 0.3) is 0 Å². The van der Waals surface area contributed by atoms with E-state index in [9.17, 15) is 0 Å². The Balaban J connectivity index is 2.34. The highest BCUT2D eigenvalue weighted by molar-refractivity contribution is 7.13. The van der Waals surface area contributed by atoms with Gasteiger partial charge >= 0.3 is 0 Å². The molecule has 0 bridgehead atoms. The van der Waals surface area contributed by atoms with E-state index in [1.54, 1.807) is 0 Å². The summed E-state index contributed by atoms with van der Waals surface area (Å²) in [7, 11) is 2.00. The molecule has 92 valence electrons. The van der Waals surface area contributed by atoms with E-state index >= 15 is 0 Å². The fourth-order valence-corrected chi connectivity index (χ4v) is 4.10. The summed E-state index contributed by atoms with van der Waals surface area (Å²) >= 11 is 3.65. The Labute approximate surface area is 111 Å². The summed E-state index contributed by atoms with van der Waals surface area (Å²) in [5.74, 6) is 0. The van der Waals surface area contributed by atoms with Gasteiger partial charge in [0.2, 0.25) is 0 Å². The molecule has 0 amide bonds. The molecule has 0 aliphatic rings. The molecule has 4 heteroatoms. The summed E-state index contributed by atoms with van der Waals surface area (Å²) in [6, 6.07) is 4.62. The number of rotatable bonds is 4. The lowest BCUT2D eigenvalue weighted by atomic mass is 10.2. The van der Waals surface area contributed by atoms with E-state index < -0.39 is 0 Å². The number of aryl methyl sites for hydroxylation is 3. The van der Waals surface area contributed by atoms with Crippen molar-refractivity contribution in [2.45, 2.75) is 33.2 Å². The van der Waals surface area contributed by atoms with Crippen molar-refractivity contribution in [3.8, 4) is 0 Å². The van der Waals surface area contributed by atoms with Gasteiger partial charge in [-0.25, -0.2) is 4.98 Å². The highest BCUT2D eigenvalue weighted by Crippen LogP contribution is 2.31. The molecule has 1 unspecified atom stereocenters. The third kappa shape index (κ3) is 2.59. The molecule has 2 nitrogen and oxygen atoms in total. The van der Waals surface area contributed by atoms with Gasteiger partial charge in [0.05, 0.1) is 11.7 Å². The first-order chi connectivity index (χ1) is 8.15. The molecule has 1 N–H and O–H groups in total. The van der Waals surface area contributed by atoms with E-state index in [1.807, 2.05) is 29.7 Å². The molecule has 0 aliphatic heterocycles. The van der Waals surface area contributed by atoms with Crippen LogP contribution >= 0.6 is 22.7 Å². The lowest BCUT2D eigenvalue weighted by molar-refractivity contribution is 0.695. The monoisotopic (exact) mass is 266 g/mol. The molecule has 2 heterocycles. The number of aromatic nitrogens is 1. The first-order valence-electron chi connectivity index (χ1n) is 5.85. The summed E-state index contributed by atoms with van der Waals surface area (Å²) in [6.07, 6.45) is 1.02. The van der Waals surface area contributed by atoms with E-state index in [0.29, 0.717) is 0 Å². The standard InChI is InChI=1S/C13H18N2S2/c1-5-10-9(3)17-13(15-10)12(14-4)11-7-6-8(2)16-11/h6-7,12,14H,5H2,1-4H3. The van der Waals surface area contributed by atoms with Gasteiger partial charge in [-0.2, -0.15) is 0 Å². The number of thiazole rings is 1. The van der Waals surface area contributed by atoms with Crippen LogP contribution in [-0.2, 0) is 6.42 Å². The molecular weight excluding hydrogens is 248 g/mol. The molecule has 0 saturated heterocycles. The van der Waals surface area contributed by atoms with Crippen molar-refractivity contribution in [1.82, 2.24) is 10.3 Å². The van der Waals surface area contributed by atoms with Crippen LogP contribution in [-0.4, -0.2) is 12.0 Å². The predicted molar refractivity (Wildman–Crippen MR) is 76.2 cm³/mol. The molecule has 2 aromatic rings. The summed E-state index contributed by atoms with van der Waals surface area (Å²) in [5, 5.41) is 4.55. The molecule has 2 aromatic heterocycles. The van der Waals surface area contributed by atoms with Crippen LogP contribution < -0.4 is 5.32 Å². The van der Waals surface area contributed by atoms with Gasteiger partial charge in [-0.15, -0.1) is 22.7 Å². The highest BCUT2D eigenvalue weighted by atomic mass is 32.1. The van der Waals surface area contributed by atoms with Crippen LogP contribution in [0, 0.1) is 13.8 Å². The number of thiophene rings is 1. The van der Waals surface area contributed by atoms with E-state index in [2.05, 4.69) is 38.2 Å². The average molecular weight is 266 g/mol. The Bertz CT molecular complexity index is 499. The molecule has 0 saturated carbocycles. The van der Waals surface area contributed by atoms with Crippen LogP contribution in [0.15, 0.2) is 12.1 Å². The molecule has 1 atom stereocenters. The van der Waals surface area contributed by atoms with Crippen molar-refractivity contribution in [2.24, 2.45) is 0 Å². The molecular formula is C13H18N2S2. The quantitative estimate of drug-likeness (QED) is 0.913. The van der Waals surface area contributed by atoms with Crippen LogP contribution in [0.1, 0.15) is 38.3 Å². The van der Waals surface area contributed by atoms with Crippen LogP contribution in [0.3, 0.4) is 0 Å². The fraction of sp³-hybridized carbons (Fsp3) is 0.462. The van der Waals surface area contributed by atoms with Crippen molar-refractivity contribution in [2.75, 3.05) is 7.05 Å². The third-order valence-corrected chi connectivity index (χ3v) is 4.97. The molecule has 0 radical (unpaired) electrons.